The SMILES string of the molecule is CSc1n[nH]c(-c2ccc(Br)cc2Cl)n1. The van der Waals surface area contributed by atoms with Crippen molar-refractivity contribution in [2.45, 2.75) is 5.16 Å². The molecule has 15 heavy (non-hydrogen) atoms. The summed E-state index contributed by atoms with van der Waals surface area (Å²) in [5, 5.41) is 8.24. The number of benzene rings is 1. The fourth-order valence-corrected chi connectivity index (χ4v) is 2.22. The number of H-pyrrole nitrogens is 1. The number of hydrogen-bond acceptors (Lipinski definition) is 3. The normalized spacial score (nSPS) is 10.6. The molecule has 0 spiro atoms. The van der Waals surface area contributed by atoms with E-state index in [1.807, 2.05) is 24.5 Å². The van der Waals surface area contributed by atoms with Gasteiger partial charge in [-0.1, -0.05) is 39.3 Å². The van der Waals surface area contributed by atoms with Crippen molar-refractivity contribution >= 4 is 39.3 Å². The second-order valence-corrected chi connectivity index (χ2v) is 4.89. The third-order valence-corrected chi connectivity index (χ3v) is 3.19. The van der Waals surface area contributed by atoms with Crippen molar-refractivity contribution in [3.8, 4) is 11.4 Å². The second kappa shape index (κ2) is 4.55. The zero-order valence-electron chi connectivity index (χ0n) is 7.79. The predicted molar refractivity (Wildman–Crippen MR) is 66.3 cm³/mol. The molecule has 0 saturated heterocycles. The molecule has 2 aromatic rings. The van der Waals surface area contributed by atoms with Gasteiger partial charge in [-0.05, 0) is 24.5 Å². The second-order valence-electron chi connectivity index (χ2n) is 2.79. The van der Waals surface area contributed by atoms with Gasteiger partial charge in [0.05, 0.1) is 5.02 Å². The quantitative estimate of drug-likeness (QED) is 0.862. The van der Waals surface area contributed by atoms with Gasteiger partial charge in [0.25, 0.3) is 0 Å². The van der Waals surface area contributed by atoms with Crippen LogP contribution in [-0.2, 0) is 0 Å². The van der Waals surface area contributed by atoms with Gasteiger partial charge in [-0.3, -0.25) is 5.10 Å². The standard InChI is InChI=1S/C9H7BrClN3S/c1-15-9-12-8(13-14-9)6-3-2-5(10)4-7(6)11/h2-4H,1H3,(H,12,13,14). The fraction of sp³-hybridized carbons (Fsp3) is 0.111. The van der Waals surface area contributed by atoms with Crippen molar-refractivity contribution in [3.05, 3.63) is 27.7 Å². The van der Waals surface area contributed by atoms with Gasteiger partial charge in [0.2, 0.25) is 5.16 Å². The molecule has 0 aliphatic heterocycles. The minimum Gasteiger partial charge on any atom is -0.258 e. The monoisotopic (exact) mass is 303 g/mol. The van der Waals surface area contributed by atoms with Gasteiger partial charge in [-0.15, -0.1) is 5.10 Å². The van der Waals surface area contributed by atoms with Crippen LogP contribution in [0, 0.1) is 0 Å². The summed E-state index contributed by atoms with van der Waals surface area (Å²) in [6, 6.07) is 5.65. The van der Waals surface area contributed by atoms with Crippen LogP contribution in [0.1, 0.15) is 0 Å². The number of aromatic nitrogens is 3. The van der Waals surface area contributed by atoms with Crippen LogP contribution >= 0.6 is 39.3 Å². The van der Waals surface area contributed by atoms with Crippen LogP contribution in [0.2, 0.25) is 5.02 Å². The first-order valence-electron chi connectivity index (χ1n) is 4.12. The third kappa shape index (κ3) is 2.35. The molecule has 0 saturated carbocycles. The Morgan fingerprint density at radius 3 is 2.87 bits per heavy atom. The maximum absolute atomic E-state index is 6.09. The molecule has 0 aliphatic rings. The molecule has 0 unspecified atom stereocenters. The van der Waals surface area contributed by atoms with E-state index in [0.717, 1.165) is 10.0 Å². The highest BCUT2D eigenvalue weighted by atomic mass is 79.9. The van der Waals surface area contributed by atoms with Crippen LogP contribution in [0.4, 0.5) is 0 Å². The van der Waals surface area contributed by atoms with Gasteiger partial charge >= 0.3 is 0 Å². The van der Waals surface area contributed by atoms with Crippen molar-refractivity contribution in [2.24, 2.45) is 0 Å². The molecule has 2 rings (SSSR count). The van der Waals surface area contributed by atoms with E-state index in [1.54, 1.807) is 0 Å². The molecule has 0 fully saturated rings. The summed E-state index contributed by atoms with van der Waals surface area (Å²) < 4.78 is 0.945. The van der Waals surface area contributed by atoms with Gasteiger partial charge in [-0.2, -0.15) is 0 Å². The van der Waals surface area contributed by atoms with Gasteiger partial charge in [0.15, 0.2) is 5.82 Å². The molecule has 78 valence electrons. The zero-order chi connectivity index (χ0) is 10.8. The van der Waals surface area contributed by atoms with Gasteiger partial charge in [-0.25, -0.2) is 4.98 Å². The van der Waals surface area contributed by atoms with Crippen LogP contribution in [0.3, 0.4) is 0 Å². The van der Waals surface area contributed by atoms with Crippen molar-refractivity contribution in [1.82, 2.24) is 15.2 Å². The lowest BCUT2D eigenvalue weighted by atomic mass is 10.2. The Labute approximate surface area is 105 Å². The first-order chi connectivity index (χ1) is 7.20. The molecule has 0 amide bonds. The summed E-state index contributed by atoms with van der Waals surface area (Å²) in [7, 11) is 0. The molecular formula is C9H7BrClN3S. The van der Waals surface area contributed by atoms with Crippen molar-refractivity contribution in [1.29, 1.82) is 0 Å². The molecule has 0 atom stereocenters. The van der Waals surface area contributed by atoms with E-state index in [0.29, 0.717) is 16.0 Å². The Morgan fingerprint density at radius 2 is 2.27 bits per heavy atom. The summed E-state index contributed by atoms with van der Waals surface area (Å²) in [6.45, 7) is 0. The van der Waals surface area contributed by atoms with Crippen LogP contribution < -0.4 is 0 Å². The Balaban J connectivity index is 2.44. The predicted octanol–water partition coefficient (Wildman–Crippen LogP) is 3.61. The summed E-state index contributed by atoms with van der Waals surface area (Å²) in [6.07, 6.45) is 1.93. The molecule has 1 aromatic carbocycles. The fourth-order valence-electron chi connectivity index (χ4n) is 1.14. The van der Waals surface area contributed by atoms with Crippen LogP contribution in [0.5, 0.6) is 0 Å². The molecule has 0 aliphatic carbocycles. The molecular weight excluding hydrogens is 298 g/mol. The number of nitrogens with zero attached hydrogens (tertiary/aromatic N) is 2. The van der Waals surface area contributed by atoms with E-state index in [1.165, 1.54) is 11.8 Å². The number of aromatic amines is 1. The van der Waals surface area contributed by atoms with Crippen molar-refractivity contribution in [3.63, 3.8) is 0 Å². The zero-order valence-corrected chi connectivity index (χ0v) is 10.9. The van der Waals surface area contributed by atoms with Crippen LogP contribution in [-0.4, -0.2) is 21.4 Å². The minimum atomic E-state index is 0.646. The van der Waals surface area contributed by atoms with E-state index in [2.05, 4.69) is 31.1 Å². The van der Waals surface area contributed by atoms with E-state index in [4.69, 9.17) is 11.6 Å². The molecule has 0 radical (unpaired) electrons. The van der Waals surface area contributed by atoms with Crippen LogP contribution in [0.15, 0.2) is 27.8 Å². The summed E-state index contributed by atoms with van der Waals surface area (Å²) >= 11 is 10.9. The highest BCUT2D eigenvalue weighted by Gasteiger charge is 2.08. The lowest BCUT2D eigenvalue weighted by molar-refractivity contribution is 0.976. The summed E-state index contributed by atoms with van der Waals surface area (Å²) in [4.78, 5) is 4.29. The molecule has 3 nitrogen and oxygen atoms in total. The maximum atomic E-state index is 6.09. The number of thioether (sulfide) groups is 1. The lowest BCUT2D eigenvalue weighted by Crippen LogP contribution is -1.82. The summed E-state index contributed by atoms with van der Waals surface area (Å²) in [5.41, 5.74) is 0.854. The number of hydrogen-bond donors (Lipinski definition) is 1. The molecule has 1 aromatic heterocycles. The van der Waals surface area contributed by atoms with Crippen molar-refractivity contribution < 1.29 is 0 Å². The Morgan fingerprint density at radius 1 is 1.47 bits per heavy atom. The average Bonchev–Trinajstić information content (AvgIpc) is 2.66. The van der Waals surface area contributed by atoms with Crippen molar-refractivity contribution in [2.75, 3.05) is 6.26 Å². The Bertz CT molecular complexity index is 486. The minimum absolute atomic E-state index is 0.646. The smallest absolute Gasteiger partial charge is 0.208 e. The molecule has 0 bridgehead atoms. The average molecular weight is 305 g/mol. The largest absolute Gasteiger partial charge is 0.258 e. The number of rotatable bonds is 2. The maximum Gasteiger partial charge on any atom is 0.208 e. The molecule has 1 heterocycles. The number of halogens is 2. The van der Waals surface area contributed by atoms with Gasteiger partial charge < -0.3 is 0 Å². The first-order valence-corrected chi connectivity index (χ1v) is 6.52. The van der Waals surface area contributed by atoms with E-state index in [9.17, 15) is 0 Å². The molecule has 1 N–H and O–H groups in total. The third-order valence-electron chi connectivity index (χ3n) is 1.83. The number of nitrogens with one attached hydrogen (secondary N) is 1. The van der Waals surface area contributed by atoms with E-state index in [-0.39, 0.29) is 0 Å². The van der Waals surface area contributed by atoms with Gasteiger partial charge in [0, 0.05) is 10.0 Å². The van der Waals surface area contributed by atoms with Gasteiger partial charge in [0.1, 0.15) is 0 Å². The molecule has 6 heteroatoms. The Hall–Kier alpha value is -0.520. The highest BCUT2D eigenvalue weighted by molar-refractivity contribution is 9.10. The van der Waals surface area contributed by atoms with Crippen LogP contribution in [0.25, 0.3) is 11.4 Å². The lowest BCUT2D eigenvalue weighted by Gasteiger charge is -1.99. The van der Waals surface area contributed by atoms with E-state index >= 15 is 0 Å². The van der Waals surface area contributed by atoms with E-state index < -0.39 is 0 Å². The first kappa shape index (κ1) is 11.0. The highest BCUT2D eigenvalue weighted by Crippen LogP contribution is 2.28. The summed E-state index contributed by atoms with van der Waals surface area (Å²) in [5.74, 6) is 0.692. The topological polar surface area (TPSA) is 41.6 Å². The Kier molecular flexibility index (Phi) is 3.33.